The molecule has 3 aromatic rings. The molecule has 4 heterocycles. The van der Waals surface area contributed by atoms with E-state index in [2.05, 4.69) is 53.1 Å². The summed E-state index contributed by atoms with van der Waals surface area (Å²) in [5, 5.41) is 18.8. The molecule has 12 heteroatoms. The Labute approximate surface area is 200 Å². The summed E-state index contributed by atoms with van der Waals surface area (Å²) in [5.74, 6) is 1.08. The lowest BCUT2D eigenvalue weighted by atomic mass is 10.0. The Hall–Kier alpha value is -1.73. The lowest BCUT2D eigenvalue weighted by Crippen LogP contribution is -2.27. The van der Waals surface area contributed by atoms with Gasteiger partial charge in [0.05, 0.1) is 23.5 Å². The highest BCUT2D eigenvalue weighted by Gasteiger charge is 2.32. The minimum Gasteiger partial charge on any atom is -0.504 e. The molecule has 1 fully saturated rings. The predicted molar refractivity (Wildman–Crippen MR) is 132 cm³/mol. The summed E-state index contributed by atoms with van der Waals surface area (Å²) in [6.45, 7) is 9.50. The van der Waals surface area contributed by atoms with Crippen molar-refractivity contribution in [3.05, 3.63) is 26.8 Å². The fraction of sp³-hybridized carbons (Fsp3) is 0.500. The molecule has 1 aliphatic heterocycles. The number of anilines is 3. The predicted octanol–water partition coefficient (Wildman–Crippen LogP) is 5.32. The van der Waals surface area contributed by atoms with Gasteiger partial charge in [0, 0.05) is 28.2 Å². The van der Waals surface area contributed by atoms with Crippen LogP contribution in [0.3, 0.4) is 0 Å². The average Bonchev–Trinajstić information content (AvgIpc) is 3.51. The standard InChI is InChI=1S/C20H27N5O3S4/c1-11(2)16(15-9-12(3)13(4)30-15)22-19-18(23-31-24-19)21-14-10-29-20(17(14)26)32(27,28)25-7-5-6-8-25/h9-11,16,26H,5-8H2,1-4H3,(H,21,23)(H,22,24)/t16-/m1/s1. The Bertz CT molecular complexity index is 1170. The number of nitrogens with zero attached hydrogens (tertiary/aromatic N) is 3. The van der Waals surface area contributed by atoms with Crippen LogP contribution in [0.4, 0.5) is 17.3 Å². The van der Waals surface area contributed by atoms with Crippen molar-refractivity contribution < 1.29 is 13.5 Å². The summed E-state index contributed by atoms with van der Waals surface area (Å²) < 4.78 is 35.8. The molecule has 174 valence electrons. The highest BCUT2D eigenvalue weighted by molar-refractivity contribution is 7.91. The van der Waals surface area contributed by atoms with Crippen molar-refractivity contribution in [1.29, 1.82) is 0 Å². The molecular weight excluding hydrogens is 487 g/mol. The number of aromatic nitrogens is 2. The molecule has 1 aliphatic rings. The summed E-state index contributed by atoms with van der Waals surface area (Å²) in [7, 11) is -3.69. The van der Waals surface area contributed by atoms with Gasteiger partial charge in [-0.05, 0) is 44.2 Å². The van der Waals surface area contributed by atoms with Crippen molar-refractivity contribution in [2.75, 3.05) is 23.7 Å². The second kappa shape index (κ2) is 9.26. The van der Waals surface area contributed by atoms with E-state index in [-0.39, 0.29) is 16.0 Å². The van der Waals surface area contributed by atoms with Crippen molar-refractivity contribution in [1.82, 2.24) is 13.1 Å². The smallest absolute Gasteiger partial charge is 0.256 e. The van der Waals surface area contributed by atoms with Crippen LogP contribution < -0.4 is 10.6 Å². The maximum atomic E-state index is 12.9. The Balaban J connectivity index is 1.56. The van der Waals surface area contributed by atoms with Gasteiger partial charge < -0.3 is 15.7 Å². The highest BCUT2D eigenvalue weighted by atomic mass is 32.2. The zero-order valence-electron chi connectivity index (χ0n) is 18.4. The summed E-state index contributed by atoms with van der Waals surface area (Å²) in [4.78, 5) is 2.52. The fourth-order valence-electron chi connectivity index (χ4n) is 3.61. The second-order valence-corrected chi connectivity index (χ2v) is 13.1. The van der Waals surface area contributed by atoms with Crippen LogP contribution in [-0.2, 0) is 10.0 Å². The van der Waals surface area contributed by atoms with Crippen molar-refractivity contribution in [2.45, 2.75) is 50.8 Å². The number of hydrogen-bond acceptors (Lipinski definition) is 10. The first-order chi connectivity index (χ1) is 15.2. The lowest BCUT2D eigenvalue weighted by Gasteiger charge is -2.21. The molecule has 0 unspecified atom stereocenters. The molecule has 1 saturated heterocycles. The third-order valence-corrected chi connectivity index (χ3v) is 10.7. The molecule has 1 atom stereocenters. The molecule has 8 nitrogen and oxygen atoms in total. The molecule has 0 aromatic carbocycles. The van der Waals surface area contributed by atoms with Gasteiger partial charge in [0.1, 0.15) is 0 Å². The van der Waals surface area contributed by atoms with E-state index in [1.807, 2.05) is 0 Å². The lowest BCUT2D eigenvalue weighted by molar-refractivity contribution is 0.451. The summed E-state index contributed by atoms with van der Waals surface area (Å²) >= 11 is 3.83. The zero-order chi connectivity index (χ0) is 23.0. The van der Waals surface area contributed by atoms with Crippen molar-refractivity contribution in [2.24, 2.45) is 5.92 Å². The number of nitrogens with one attached hydrogen (secondary N) is 2. The molecule has 0 saturated carbocycles. The number of hydrogen-bond donors (Lipinski definition) is 3. The first-order valence-corrected chi connectivity index (χ1v) is 14.3. The first-order valence-electron chi connectivity index (χ1n) is 10.4. The van der Waals surface area contributed by atoms with E-state index in [1.165, 1.54) is 19.6 Å². The maximum Gasteiger partial charge on any atom is 0.256 e. The minimum absolute atomic E-state index is 0.0378. The van der Waals surface area contributed by atoms with Crippen LogP contribution in [0.2, 0.25) is 0 Å². The van der Waals surface area contributed by atoms with E-state index in [0.717, 1.165) is 35.9 Å². The van der Waals surface area contributed by atoms with Gasteiger partial charge in [-0.25, -0.2) is 8.42 Å². The number of thiophene rings is 2. The third-order valence-electron chi connectivity index (χ3n) is 5.56. The van der Waals surface area contributed by atoms with Crippen LogP contribution >= 0.6 is 34.4 Å². The van der Waals surface area contributed by atoms with Gasteiger partial charge in [-0.1, -0.05) is 13.8 Å². The SMILES string of the molecule is Cc1cc([C@H](Nc2nsnc2Nc2csc(S(=O)(=O)N3CCCC3)c2O)C(C)C)sc1C. The van der Waals surface area contributed by atoms with E-state index in [0.29, 0.717) is 36.3 Å². The Morgan fingerprint density at radius 3 is 2.47 bits per heavy atom. The Morgan fingerprint density at radius 2 is 1.84 bits per heavy atom. The summed E-state index contributed by atoms with van der Waals surface area (Å²) in [6, 6.07) is 2.25. The van der Waals surface area contributed by atoms with Crippen LogP contribution in [0, 0.1) is 19.8 Å². The van der Waals surface area contributed by atoms with Crippen molar-refractivity contribution in [3.8, 4) is 5.75 Å². The van der Waals surface area contributed by atoms with Crippen molar-refractivity contribution in [3.63, 3.8) is 0 Å². The van der Waals surface area contributed by atoms with Gasteiger partial charge >= 0.3 is 0 Å². The Morgan fingerprint density at radius 1 is 1.16 bits per heavy atom. The number of aromatic hydroxyl groups is 1. The van der Waals surface area contributed by atoms with Crippen LogP contribution in [-0.4, -0.2) is 39.7 Å². The van der Waals surface area contributed by atoms with E-state index >= 15 is 0 Å². The highest BCUT2D eigenvalue weighted by Crippen LogP contribution is 2.42. The Kier molecular flexibility index (Phi) is 6.78. The largest absolute Gasteiger partial charge is 0.504 e. The molecule has 0 aliphatic carbocycles. The molecule has 3 N–H and O–H groups in total. The monoisotopic (exact) mass is 513 g/mol. The fourth-order valence-corrected chi connectivity index (χ4v) is 8.25. The van der Waals surface area contributed by atoms with Gasteiger partial charge in [0.25, 0.3) is 10.0 Å². The number of sulfonamides is 1. The zero-order valence-corrected chi connectivity index (χ0v) is 21.6. The molecule has 32 heavy (non-hydrogen) atoms. The summed E-state index contributed by atoms with van der Waals surface area (Å²) in [5.41, 5.74) is 1.58. The third kappa shape index (κ3) is 4.51. The van der Waals surface area contributed by atoms with E-state index in [1.54, 1.807) is 16.7 Å². The normalized spacial score (nSPS) is 16.0. The van der Waals surface area contributed by atoms with E-state index in [9.17, 15) is 13.5 Å². The van der Waals surface area contributed by atoms with Gasteiger partial charge in [-0.15, -0.1) is 22.7 Å². The molecule has 3 aromatic heterocycles. The maximum absolute atomic E-state index is 12.9. The van der Waals surface area contributed by atoms with Gasteiger partial charge in [0.2, 0.25) is 0 Å². The van der Waals surface area contributed by atoms with Gasteiger partial charge in [0.15, 0.2) is 21.6 Å². The minimum atomic E-state index is -3.69. The molecular formula is C20H27N5O3S4. The molecule has 0 radical (unpaired) electrons. The molecule has 0 spiro atoms. The second-order valence-electron chi connectivity index (χ2n) is 8.24. The molecule has 4 rings (SSSR count). The van der Waals surface area contributed by atoms with Crippen LogP contribution in [0.1, 0.15) is 48.0 Å². The summed E-state index contributed by atoms with van der Waals surface area (Å²) in [6.07, 6.45) is 1.69. The van der Waals surface area contributed by atoms with Gasteiger partial charge in [-0.2, -0.15) is 13.1 Å². The quantitative estimate of drug-likeness (QED) is 0.374. The number of rotatable bonds is 8. The average molecular weight is 514 g/mol. The van der Waals surface area contributed by atoms with Crippen molar-refractivity contribution >= 4 is 61.7 Å². The molecule has 0 amide bonds. The van der Waals surface area contributed by atoms with E-state index < -0.39 is 10.0 Å². The topological polar surface area (TPSA) is 107 Å². The molecule has 0 bridgehead atoms. The van der Waals surface area contributed by atoms with Crippen LogP contribution in [0.25, 0.3) is 0 Å². The number of aryl methyl sites for hydroxylation is 2. The van der Waals surface area contributed by atoms with Gasteiger partial charge in [-0.3, -0.25) is 0 Å². The van der Waals surface area contributed by atoms with E-state index in [4.69, 9.17) is 0 Å². The first kappa shape index (κ1) is 23.4. The van der Waals surface area contributed by atoms with Crippen LogP contribution in [0.15, 0.2) is 15.7 Å². The van der Waals surface area contributed by atoms with Crippen LogP contribution in [0.5, 0.6) is 5.75 Å².